The van der Waals surface area contributed by atoms with Crippen molar-refractivity contribution in [3.8, 4) is 5.75 Å². The number of rotatable bonds is 5. The van der Waals surface area contributed by atoms with Gasteiger partial charge in [0.25, 0.3) is 0 Å². The number of hydrogen-bond acceptors (Lipinski definition) is 4. The molecule has 0 saturated carbocycles. The van der Waals surface area contributed by atoms with Crippen LogP contribution in [0.25, 0.3) is 0 Å². The molecule has 2 heterocycles. The Kier molecular flexibility index (Phi) is 5.04. The second kappa shape index (κ2) is 7.08. The van der Waals surface area contributed by atoms with Crippen molar-refractivity contribution in [1.82, 2.24) is 14.5 Å². The van der Waals surface area contributed by atoms with Gasteiger partial charge >= 0.3 is 0 Å². The second-order valence-electron chi connectivity index (χ2n) is 7.73. The van der Waals surface area contributed by atoms with Crippen LogP contribution in [0.2, 0.25) is 0 Å². The fraction of sp³-hybridized carbons (Fsp3) is 0.550. The highest BCUT2D eigenvalue weighted by Crippen LogP contribution is 2.35. The van der Waals surface area contributed by atoms with Gasteiger partial charge in [0.1, 0.15) is 5.75 Å². The molecule has 1 saturated heterocycles. The Labute approximate surface area is 151 Å². The van der Waals surface area contributed by atoms with Crippen LogP contribution in [-0.2, 0) is 6.54 Å². The Morgan fingerprint density at radius 1 is 1.20 bits per heavy atom. The van der Waals surface area contributed by atoms with Crippen molar-refractivity contribution in [1.29, 1.82) is 0 Å². The predicted octanol–water partition coefficient (Wildman–Crippen LogP) is 3.57. The lowest BCUT2D eigenvalue weighted by atomic mass is 9.97. The molecular weight excluding hydrogens is 312 g/mol. The van der Waals surface area contributed by atoms with Crippen LogP contribution >= 0.6 is 0 Å². The maximum Gasteiger partial charge on any atom is 0.142 e. The highest BCUT2D eigenvalue weighted by atomic mass is 16.5. The molecule has 1 aliphatic rings. The number of methoxy groups -OCH3 is 1. The molecule has 1 aromatic heterocycles. The summed E-state index contributed by atoms with van der Waals surface area (Å²) in [6.07, 6.45) is 3.94. The van der Waals surface area contributed by atoms with Crippen molar-refractivity contribution < 1.29 is 4.74 Å². The Balaban J connectivity index is 1.75. The van der Waals surface area contributed by atoms with Gasteiger partial charge in [0.05, 0.1) is 24.8 Å². The summed E-state index contributed by atoms with van der Waals surface area (Å²) in [5.41, 5.74) is 2.51. The van der Waals surface area contributed by atoms with Gasteiger partial charge in [-0.05, 0) is 39.8 Å². The van der Waals surface area contributed by atoms with Crippen LogP contribution in [0.3, 0.4) is 0 Å². The number of benzene rings is 1. The van der Waals surface area contributed by atoms with Gasteiger partial charge in [-0.1, -0.05) is 12.1 Å². The van der Waals surface area contributed by atoms with Crippen molar-refractivity contribution in [2.24, 2.45) is 0 Å². The van der Waals surface area contributed by atoms with E-state index in [2.05, 4.69) is 59.2 Å². The first kappa shape index (κ1) is 17.8. The number of para-hydroxylation sites is 2. The van der Waals surface area contributed by atoms with E-state index in [9.17, 15) is 0 Å². The molecule has 0 aliphatic carbocycles. The van der Waals surface area contributed by atoms with Crippen LogP contribution in [0.15, 0.2) is 36.8 Å². The summed E-state index contributed by atoms with van der Waals surface area (Å²) >= 11 is 0. The Bertz CT molecular complexity index is 707. The minimum atomic E-state index is 0.0373. The molecule has 136 valence electrons. The summed E-state index contributed by atoms with van der Waals surface area (Å²) in [5.74, 6) is 0.946. The fourth-order valence-corrected chi connectivity index (χ4v) is 3.84. The zero-order chi connectivity index (χ0) is 18.0. The maximum absolute atomic E-state index is 5.58. The van der Waals surface area contributed by atoms with Gasteiger partial charge in [-0.15, -0.1) is 0 Å². The highest BCUT2D eigenvalue weighted by Gasteiger charge is 2.35. The van der Waals surface area contributed by atoms with Crippen LogP contribution in [0.4, 0.5) is 5.69 Å². The molecule has 25 heavy (non-hydrogen) atoms. The fourth-order valence-electron chi connectivity index (χ4n) is 3.84. The summed E-state index contributed by atoms with van der Waals surface area (Å²) < 4.78 is 7.84. The first-order chi connectivity index (χ1) is 11.9. The average molecular weight is 342 g/mol. The van der Waals surface area contributed by atoms with Gasteiger partial charge in [-0.2, -0.15) is 0 Å². The Morgan fingerprint density at radius 3 is 2.64 bits per heavy atom. The topological polar surface area (TPSA) is 33.5 Å². The van der Waals surface area contributed by atoms with Crippen LogP contribution < -0.4 is 9.64 Å². The number of piperazine rings is 1. The number of imidazole rings is 1. The largest absolute Gasteiger partial charge is 0.495 e. The number of aromatic nitrogens is 2. The van der Waals surface area contributed by atoms with Gasteiger partial charge in [0, 0.05) is 44.0 Å². The molecule has 1 aromatic carbocycles. The first-order valence-corrected chi connectivity index (χ1v) is 9.06. The van der Waals surface area contributed by atoms with E-state index < -0.39 is 0 Å². The van der Waals surface area contributed by atoms with E-state index in [0.29, 0.717) is 6.04 Å². The first-order valence-electron chi connectivity index (χ1n) is 9.06. The highest BCUT2D eigenvalue weighted by molar-refractivity contribution is 5.60. The molecule has 0 unspecified atom stereocenters. The summed E-state index contributed by atoms with van der Waals surface area (Å²) in [6, 6.07) is 8.75. The Hall–Kier alpha value is -2.01. The van der Waals surface area contributed by atoms with Gasteiger partial charge in [-0.3, -0.25) is 4.90 Å². The number of hydrogen-bond donors (Lipinski definition) is 0. The minimum absolute atomic E-state index is 0.0373. The average Bonchev–Trinajstić information content (AvgIpc) is 3.02. The zero-order valence-electron chi connectivity index (χ0n) is 16.1. The van der Waals surface area contributed by atoms with E-state index in [1.54, 1.807) is 7.11 Å². The quantitative estimate of drug-likeness (QED) is 0.832. The SMILES string of the molecule is COc1ccccc1N1CCN(Cc2cncn2C(C)C)CC1(C)C. The number of anilines is 1. The van der Waals surface area contributed by atoms with Gasteiger partial charge < -0.3 is 14.2 Å². The molecule has 5 heteroatoms. The molecule has 5 nitrogen and oxygen atoms in total. The van der Waals surface area contributed by atoms with Crippen molar-refractivity contribution >= 4 is 5.69 Å². The lowest BCUT2D eigenvalue weighted by molar-refractivity contribution is 0.171. The monoisotopic (exact) mass is 342 g/mol. The van der Waals surface area contributed by atoms with E-state index in [-0.39, 0.29) is 5.54 Å². The smallest absolute Gasteiger partial charge is 0.142 e. The summed E-state index contributed by atoms with van der Waals surface area (Å²) in [5, 5.41) is 0. The lowest BCUT2D eigenvalue weighted by Crippen LogP contribution is -2.59. The van der Waals surface area contributed by atoms with Gasteiger partial charge in [0.15, 0.2) is 0 Å². The van der Waals surface area contributed by atoms with E-state index in [1.165, 1.54) is 11.4 Å². The number of ether oxygens (including phenoxy) is 1. The van der Waals surface area contributed by atoms with Gasteiger partial charge in [-0.25, -0.2) is 4.98 Å². The third kappa shape index (κ3) is 3.66. The molecular formula is C20H30N4O. The van der Waals surface area contributed by atoms with Crippen molar-refractivity contribution in [2.45, 2.75) is 45.8 Å². The standard InChI is InChI=1S/C20H30N4O/c1-16(2)23-15-21-12-17(23)13-22-10-11-24(20(3,4)14-22)18-8-6-7-9-19(18)25-5/h6-9,12,15-16H,10-11,13-14H2,1-5H3. The third-order valence-electron chi connectivity index (χ3n) is 5.05. The molecule has 0 bridgehead atoms. The molecule has 1 fully saturated rings. The van der Waals surface area contributed by atoms with Crippen molar-refractivity contribution in [3.05, 3.63) is 42.5 Å². The van der Waals surface area contributed by atoms with E-state index in [4.69, 9.17) is 4.74 Å². The molecule has 0 atom stereocenters. The molecule has 0 amide bonds. The molecule has 1 aliphatic heterocycles. The van der Waals surface area contributed by atoms with Crippen LogP contribution in [0, 0.1) is 0 Å². The number of nitrogens with zero attached hydrogens (tertiary/aromatic N) is 4. The molecule has 0 N–H and O–H groups in total. The normalized spacial score (nSPS) is 17.9. The molecule has 0 radical (unpaired) electrons. The summed E-state index contributed by atoms with van der Waals surface area (Å²) in [7, 11) is 1.75. The van der Waals surface area contributed by atoms with Crippen molar-refractivity contribution in [2.75, 3.05) is 31.6 Å². The van der Waals surface area contributed by atoms with Crippen molar-refractivity contribution in [3.63, 3.8) is 0 Å². The van der Waals surface area contributed by atoms with Gasteiger partial charge in [0.2, 0.25) is 0 Å². The lowest BCUT2D eigenvalue weighted by Gasteiger charge is -2.48. The zero-order valence-corrected chi connectivity index (χ0v) is 16.1. The summed E-state index contributed by atoms with van der Waals surface area (Å²) in [4.78, 5) is 9.34. The third-order valence-corrected chi connectivity index (χ3v) is 5.05. The molecule has 3 rings (SSSR count). The van der Waals surface area contributed by atoms with Crippen LogP contribution in [-0.4, -0.2) is 46.7 Å². The predicted molar refractivity (Wildman–Crippen MR) is 102 cm³/mol. The van der Waals surface area contributed by atoms with E-state index >= 15 is 0 Å². The molecule has 0 spiro atoms. The minimum Gasteiger partial charge on any atom is -0.495 e. The molecule has 2 aromatic rings. The maximum atomic E-state index is 5.58. The second-order valence-corrected chi connectivity index (χ2v) is 7.73. The Morgan fingerprint density at radius 2 is 1.96 bits per heavy atom. The summed E-state index contributed by atoms with van der Waals surface area (Å²) in [6.45, 7) is 13.0. The van der Waals surface area contributed by atoms with E-state index in [1.807, 2.05) is 24.7 Å². The van der Waals surface area contributed by atoms with Crippen LogP contribution in [0.5, 0.6) is 5.75 Å². The van der Waals surface area contributed by atoms with E-state index in [0.717, 1.165) is 31.9 Å². The van der Waals surface area contributed by atoms with Crippen LogP contribution in [0.1, 0.15) is 39.4 Å².